The van der Waals surface area contributed by atoms with Crippen molar-refractivity contribution in [2.45, 2.75) is 33.4 Å². The van der Waals surface area contributed by atoms with E-state index in [4.69, 9.17) is 4.74 Å². The highest BCUT2D eigenvalue weighted by Gasteiger charge is 2.19. The molecule has 0 amide bonds. The standard InChI is InChI=1S/C24H30N2O3/c1-18(2)29-22-10-8-20(9-11-22)17-25-12-14-26(15-13-25)23-7-5-4-6-21(23)16-19(3)24(27)28/h4-11,16,18H,12-15,17H2,1-3H3,(H,27,28). The number of piperazine rings is 1. The molecule has 5 heteroatoms. The van der Waals surface area contributed by atoms with Crippen molar-refractivity contribution in [2.24, 2.45) is 0 Å². The Kier molecular flexibility index (Phi) is 6.94. The van der Waals surface area contributed by atoms with Crippen molar-refractivity contribution in [2.75, 3.05) is 31.1 Å². The lowest BCUT2D eigenvalue weighted by Gasteiger charge is -2.37. The summed E-state index contributed by atoms with van der Waals surface area (Å²) in [6, 6.07) is 16.4. The molecule has 1 fully saturated rings. The molecule has 0 aromatic heterocycles. The molecular weight excluding hydrogens is 364 g/mol. The number of hydrogen-bond acceptors (Lipinski definition) is 4. The molecular formula is C24H30N2O3. The van der Waals surface area contributed by atoms with Gasteiger partial charge in [0.05, 0.1) is 6.10 Å². The van der Waals surface area contributed by atoms with Gasteiger partial charge in [0.2, 0.25) is 0 Å². The van der Waals surface area contributed by atoms with E-state index in [0.29, 0.717) is 5.57 Å². The molecule has 0 unspecified atom stereocenters. The number of carboxylic acid groups (broad SMARTS) is 1. The number of anilines is 1. The van der Waals surface area contributed by atoms with Gasteiger partial charge in [0, 0.05) is 44.0 Å². The van der Waals surface area contributed by atoms with Gasteiger partial charge in [-0.3, -0.25) is 4.90 Å². The van der Waals surface area contributed by atoms with E-state index in [1.807, 2.05) is 44.2 Å². The van der Waals surface area contributed by atoms with Crippen LogP contribution < -0.4 is 9.64 Å². The van der Waals surface area contributed by atoms with Gasteiger partial charge in [-0.25, -0.2) is 4.79 Å². The number of aliphatic carboxylic acids is 1. The van der Waals surface area contributed by atoms with E-state index in [2.05, 4.69) is 28.0 Å². The van der Waals surface area contributed by atoms with Crippen LogP contribution in [0.5, 0.6) is 5.75 Å². The van der Waals surface area contributed by atoms with Crippen LogP contribution in [0.25, 0.3) is 6.08 Å². The Balaban J connectivity index is 1.60. The molecule has 1 aliphatic rings. The quantitative estimate of drug-likeness (QED) is 0.710. The van der Waals surface area contributed by atoms with Gasteiger partial charge in [-0.05, 0) is 56.2 Å². The van der Waals surface area contributed by atoms with E-state index < -0.39 is 5.97 Å². The zero-order chi connectivity index (χ0) is 20.8. The molecule has 0 bridgehead atoms. The van der Waals surface area contributed by atoms with Gasteiger partial charge in [0.15, 0.2) is 0 Å². The zero-order valence-corrected chi connectivity index (χ0v) is 17.5. The summed E-state index contributed by atoms with van der Waals surface area (Å²) in [7, 11) is 0. The summed E-state index contributed by atoms with van der Waals surface area (Å²) in [4.78, 5) is 16.0. The van der Waals surface area contributed by atoms with Crippen LogP contribution in [0.3, 0.4) is 0 Å². The Hall–Kier alpha value is -2.79. The Labute approximate surface area is 173 Å². The molecule has 1 aliphatic heterocycles. The van der Waals surface area contributed by atoms with Gasteiger partial charge in [-0.2, -0.15) is 0 Å². The van der Waals surface area contributed by atoms with Crippen LogP contribution in [0, 0.1) is 0 Å². The summed E-state index contributed by atoms with van der Waals surface area (Å²) in [6.07, 6.45) is 1.94. The summed E-state index contributed by atoms with van der Waals surface area (Å²) >= 11 is 0. The van der Waals surface area contributed by atoms with Crippen LogP contribution in [0.2, 0.25) is 0 Å². The number of carboxylic acids is 1. The summed E-state index contributed by atoms with van der Waals surface area (Å²) in [5.41, 5.74) is 3.69. The first-order chi connectivity index (χ1) is 13.9. The summed E-state index contributed by atoms with van der Waals surface area (Å²) < 4.78 is 5.71. The van der Waals surface area contributed by atoms with Crippen molar-refractivity contribution < 1.29 is 14.6 Å². The van der Waals surface area contributed by atoms with Gasteiger partial charge < -0.3 is 14.7 Å². The lowest BCUT2D eigenvalue weighted by molar-refractivity contribution is -0.132. The monoisotopic (exact) mass is 394 g/mol. The molecule has 1 heterocycles. The van der Waals surface area contributed by atoms with Crippen molar-refractivity contribution in [1.82, 2.24) is 4.90 Å². The van der Waals surface area contributed by atoms with Crippen LogP contribution in [-0.4, -0.2) is 48.3 Å². The minimum atomic E-state index is -0.880. The highest BCUT2D eigenvalue weighted by molar-refractivity contribution is 5.92. The first-order valence-corrected chi connectivity index (χ1v) is 10.2. The van der Waals surface area contributed by atoms with Gasteiger partial charge in [0.1, 0.15) is 5.75 Å². The van der Waals surface area contributed by atoms with Gasteiger partial charge in [-0.1, -0.05) is 30.3 Å². The smallest absolute Gasteiger partial charge is 0.331 e. The Morgan fingerprint density at radius 1 is 1.07 bits per heavy atom. The van der Waals surface area contributed by atoms with Crippen molar-refractivity contribution in [1.29, 1.82) is 0 Å². The molecule has 1 N–H and O–H groups in total. The third kappa shape index (κ3) is 5.84. The topological polar surface area (TPSA) is 53.0 Å². The number of para-hydroxylation sites is 1. The Morgan fingerprint density at radius 3 is 2.34 bits per heavy atom. The molecule has 2 aromatic rings. The maximum atomic E-state index is 11.2. The molecule has 1 saturated heterocycles. The molecule has 2 aromatic carbocycles. The Morgan fingerprint density at radius 2 is 1.72 bits per heavy atom. The summed E-state index contributed by atoms with van der Waals surface area (Å²) in [5, 5.41) is 9.18. The summed E-state index contributed by atoms with van der Waals surface area (Å²) in [5.74, 6) is 0.0318. The largest absolute Gasteiger partial charge is 0.491 e. The molecule has 0 aliphatic carbocycles. The van der Waals surface area contributed by atoms with E-state index >= 15 is 0 Å². The van der Waals surface area contributed by atoms with Crippen LogP contribution >= 0.6 is 0 Å². The first-order valence-electron chi connectivity index (χ1n) is 10.2. The second kappa shape index (κ2) is 9.61. The van der Waals surface area contributed by atoms with Crippen LogP contribution in [0.15, 0.2) is 54.1 Å². The van der Waals surface area contributed by atoms with Crippen molar-refractivity contribution >= 4 is 17.7 Å². The van der Waals surface area contributed by atoms with Crippen molar-refractivity contribution in [3.63, 3.8) is 0 Å². The van der Waals surface area contributed by atoms with Gasteiger partial charge in [0.25, 0.3) is 0 Å². The third-order valence-corrected chi connectivity index (χ3v) is 5.06. The van der Waals surface area contributed by atoms with Crippen LogP contribution in [0.4, 0.5) is 5.69 Å². The maximum Gasteiger partial charge on any atom is 0.331 e. The molecule has 154 valence electrons. The maximum absolute atomic E-state index is 11.2. The lowest BCUT2D eigenvalue weighted by atomic mass is 10.1. The highest BCUT2D eigenvalue weighted by Crippen LogP contribution is 2.25. The molecule has 0 atom stereocenters. The molecule has 0 radical (unpaired) electrons. The van der Waals surface area contributed by atoms with Gasteiger partial charge >= 0.3 is 5.97 Å². The minimum Gasteiger partial charge on any atom is -0.491 e. The number of carbonyl (C=O) groups is 1. The number of ether oxygens (including phenoxy) is 1. The molecule has 3 rings (SSSR count). The van der Waals surface area contributed by atoms with Crippen molar-refractivity contribution in [3.05, 3.63) is 65.2 Å². The third-order valence-electron chi connectivity index (χ3n) is 5.06. The highest BCUT2D eigenvalue weighted by atomic mass is 16.5. The molecule has 5 nitrogen and oxygen atoms in total. The predicted octanol–water partition coefficient (Wildman–Crippen LogP) is 4.28. The van der Waals surface area contributed by atoms with E-state index in [0.717, 1.165) is 49.7 Å². The second-order valence-corrected chi connectivity index (χ2v) is 7.77. The number of nitrogens with zero attached hydrogens (tertiary/aromatic N) is 2. The lowest BCUT2D eigenvalue weighted by Crippen LogP contribution is -2.46. The predicted molar refractivity (Wildman–Crippen MR) is 117 cm³/mol. The molecule has 0 saturated carbocycles. The number of rotatable bonds is 7. The fourth-order valence-electron chi connectivity index (χ4n) is 3.54. The minimum absolute atomic E-state index is 0.186. The number of benzene rings is 2. The SMILES string of the molecule is CC(=Cc1ccccc1N1CCN(Cc2ccc(OC(C)C)cc2)CC1)C(=O)O. The second-order valence-electron chi connectivity index (χ2n) is 7.77. The van der Waals surface area contributed by atoms with E-state index in [9.17, 15) is 9.90 Å². The summed E-state index contributed by atoms with van der Waals surface area (Å²) in [6.45, 7) is 10.4. The Bertz CT molecular complexity index is 851. The average Bonchev–Trinajstić information content (AvgIpc) is 2.70. The van der Waals surface area contributed by atoms with Crippen LogP contribution in [0.1, 0.15) is 31.9 Å². The van der Waals surface area contributed by atoms with E-state index in [-0.39, 0.29) is 6.10 Å². The van der Waals surface area contributed by atoms with Gasteiger partial charge in [-0.15, -0.1) is 0 Å². The van der Waals surface area contributed by atoms with Crippen LogP contribution in [-0.2, 0) is 11.3 Å². The first kappa shape index (κ1) is 20.9. The molecule has 29 heavy (non-hydrogen) atoms. The van der Waals surface area contributed by atoms with E-state index in [1.54, 1.807) is 13.0 Å². The number of hydrogen-bond donors (Lipinski definition) is 1. The zero-order valence-electron chi connectivity index (χ0n) is 17.5. The van der Waals surface area contributed by atoms with Crippen molar-refractivity contribution in [3.8, 4) is 5.75 Å². The normalized spacial score (nSPS) is 15.6. The van der Waals surface area contributed by atoms with E-state index in [1.165, 1.54) is 5.56 Å². The fraction of sp³-hybridized carbons (Fsp3) is 0.375. The fourth-order valence-corrected chi connectivity index (χ4v) is 3.54. The average molecular weight is 395 g/mol. The molecule has 0 spiro atoms.